The fourth-order valence-corrected chi connectivity index (χ4v) is 3.57. The van der Waals surface area contributed by atoms with Gasteiger partial charge in [0.1, 0.15) is 5.69 Å². The van der Waals surface area contributed by atoms with Gasteiger partial charge in [0, 0.05) is 7.05 Å². The van der Waals surface area contributed by atoms with Gasteiger partial charge in [0.05, 0.1) is 11.9 Å². The third kappa shape index (κ3) is 3.32. The standard InChI is InChI=1S/C9H7BrF3N5O2S/c1-18-8(7(10)15-17-18)21(19,20)16-5-2-3-6(14-4-5)9(11,12)13/h2-4,16H,1H3. The lowest BCUT2D eigenvalue weighted by Crippen LogP contribution is -2.17. The van der Waals surface area contributed by atoms with Crippen LogP contribution in [0.2, 0.25) is 0 Å². The van der Waals surface area contributed by atoms with Crippen LogP contribution < -0.4 is 4.72 Å². The predicted molar refractivity (Wildman–Crippen MR) is 68.8 cm³/mol. The van der Waals surface area contributed by atoms with Crippen molar-refractivity contribution in [1.82, 2.24) is 20.0 Å². The van der Waals surface area contributed by atoms with E-state index in [9.17, 15) is 21.6 Å². The van der Waals surface area contributed by atoms with Gasteiger partial charge >= 0.3 is 6.18 Å². The molecule has 0 amide bonds. The summed E-state index contributed by atoms with van der Waals surface area (Å²) in [5, 5.41) is 6.76. The van der Waals surface area contributed by atoms with Crippen molar-refractivity contribution in [2.75, 3.05) is 4.72 Å². The van der Waals surface area contributed by atoms with E-state index < -0.39 is 21.9 Å². The predicted octanol–water partition coefficient (Wildman–Crippen LogP) is 1.79. The van der Waals surface area contributed by atoms with Crippen molar-refractivity contribution in [3.63, 3.8) is 0 Å². The van der Waals surface area contributed by atoms with Crippen LogP contribution in [-0.4, -0.2) is 28.4 Å². The van der Waals surface area contributed by atoms with Gasteiger partial charge in [-0.2, -0.15) is 21.6 Å². The Morgan fingerprint density at radius 2 is 2.00 bits per heavy atom. The maximum absolute atomic E-state index is 12.4. The van der Waals surface area contributed by atoms with Gasteiger partial charge in [0.2, 0.25) is 5.03 Å². The highest BCUT2D eigenvalue weighted by molar-refractivity contribution is 9.10. The summed E-state index contributed by atoms with van der Waals surface area (Å²) in [6.07, 6.45) is -3.82. The molecule has 0 aliphatic carbocycles. The van der Waals surface area contributed by atoms with E-state index in [0.29, 0.717) is 6.07 Å². The number of nitrogens with one attached hydrogen (secondary N) is 1. The molecule has 0 aliphatic rings. The molecule has 1 N–H and O–H groups in total. The fraction of sp³-hybridized carbons (Fsp3) is 0.222. The van der Waals surface area contributed by atoms with Crippen LogP contribution in [0.1, 0.15) is 5.69 Å². The molecule has 0 bridgehead atoms. The largest absolute Gasteiger partial charge is 0.433 e. The number of hydrogen-bond donors (Lipinski definition) is 1. The van der Waals surface area contributed by atoms with Crippen LogP contribution in [0, 0.1) is 0 Å². The van der Waals surface area contributed by atoms with Crippen LogP contribution in [0.4, 0.5) is 18.9 Å². The molecule has 2 aromatic rings. The Labute approximate surface area is 125 Å². The number of alkyl halides is 3. The van der Waals surface area contributed by atoms with Crippen LogP contribution >= 0.6 is 15.9 Å². The number of halogens is 4. The zero-order chi connectivity index (χ0) is 15.8. The summed E-state index contributed by atoms with van der Waals surface area (Å²) in [6.45, 7) is 0. The van der Waals surface area contributed by atoms with E-state index in [0.717, 1.165) is 16.9 Å². The molecule has 21 heavy (non-hydrogen) atoms. The number of pyridine rings is 1. The second-order valence-electron chi connectivity index (χ2n) is 3.84. The molecule has 0 spiro atoms. The zero-order valence-electron chi connectivity index (χ0n) is 10.3. The summed E-state index contributed by atoms with van der Waals surface area (Å²) in [7, 11) is -2.70. The maximum atomic E-state index is 12.4. The van der Waals surface area contributed by atoms with E-state index >= 15 is 0 Å². The highest BCUT2D eigenvalue weighted by atomic mass is 79.9. The van der Waals surface area contributed by atoms with Crippen molar-refractivity contribution in [2.45, 2.75) is 11.2 Å². The molecule has 7 nitrogen and oxygen atoms in total. The summed E-state index contributed by atoms with van der Waals surface area (Å²) in [5.41, 5.74) is -1.23. The average Bonchev–Trinajstić information content (AvgIpc) is 2.68. The van der Waals surface area contributed by atoms with Gasteiger partial charge in [-0.3, -0.25) is 4.72 Å². The Hall–Kier alpha value is -1.69. The van der Waals surface area contributed by atoms with Crippen LogP contribution in [0.3, 0.4) is 0 Å². The lowest BCUT2D eigenvalue weighted by Gasteiger charge is -2.09. The van der Waals surface area contributed by atoms with E-state index in [4.69, 9.17) is 0 Å². The highest BCUT2D eigenvalue weighted by Gasteiger charge is 2.32. The number of nitrogens with zero attached hydrogens (tertiary/aromatic N) is 4. The van der Waals surface area contributed by atoms with Crippen molar-refractivity contribution in [3.05, 3.63) is 28.6 Å². The number of aromatic nitrogens is 4. The number of sulfonamides is 1. The molecular weight excluding hydrogens is 379 g/mol. The fourth-order valence-electron chi connectivity index (χ4n) is 1.43. The molecule has 0 radical (unpaired) electrons. The Morgan fingerprint density at radius 1 is 1.33 bits per heavy atom. The average molecular weight is 386 g/mol. The van der Waals surface area contributed by atoms with Crippen molar-refractivity contribution in [3.8, 4) is 0 Å². The second-order valence-corrected chi connectivity index (χ2v) is 6.19. The third-order valence-electron chi connectivity index (χ3n) is 2.30. The van der Waals surface area contributed by atoms with Gasteiger partial charge in [-0.1, -0.05) is 5.21 Å². The summed E-state index contributed by atoms with van der Waals surface area (Å²) in [6, 6.07) is 1.64. The number of hydrogen-bond acceptors (Lipinski definition) is 5. The first kappa shape index (κ1) is 15.7. The molecular formula is C9H7BrF3N5O2S. The Kier molecular flexibility index (Phi) is 3.93. The summed E-state index contributed by atoms with van der Waals surface area (Å²) < 4.78 is 64.3. The number of aryl methyl sites for hydroxylation is 1. The molecule has 0 saturated heterocycles. The summed E-state index contributed by atoms with van der Waals surface area (Å²) >= 11 is 2.93. The molecule has 0 aliphatic heterocycles. The van der Waals surface area contributed by atoms with Crippen LogP contribution in [0.5, 0.6) is 0 Å². The van der Waals surface area contributed by atoms with E-state index in [1.165, 1.54) is 7.05 Å². The lowest BCUT2D eigenvalue weighted by atomic mass is 10.3. The first-order chi connectivity index (χ1) is 9.61. The van der Waals surface area contributed by atoms with E-state index in [1.54, 1.807) is 0 Å². The van der Waals surface area contributed by atoms with Gasteiger partial charge in [-0.15, -0.1) is 5.10 Å². The van der Waals surface area contributed by atoms with Gasteiger partial charge in [0.15, 0.2) is 4.60 Å². The Balaban J connectivity index is 2.30. The topological polar surface area (TPSA) is 89.8 Å². The summed E-state index contributed by atoms with van der Waals surface area (Å²) in [4.78, 5) is 3.16. The minimum absolute atomic E-state index is 0.0163. The highest BCUT2D eigenvalue weighted by Crippen LogP contribution is 2.28. The van der Waals surface area contributed by atoms with Gasteiger partial charge in [-0.25, -0.2) is 9.67 Å². The lowest BCUT2D eigenvalue weighted by molar-refractivity contribution is -0.141. The Morgan fingerprint density at radius 3 is 2.43 bits per heavy atom. The number of anilines is 1. The van der Waals surface area contributed by atoms with Crippen molar-refractivity contribution in [2.24, 2.45) is 7.05 Å². The quantitative estimate of drug-likeness (QED) is 0.869. The minimum Gasteiger partial charge on any atom is -0.277 e. The van der Waals surface area contributed by atoms with Crippen LogP contribution in [0.15, 0.2) is 28.0 Å². The van der Waals surface area contributed by atoms with Crippen LogP contribution in [-0.2, 0) is 23.2 Å². The monoisotopic (exact) mass is 385 g/mol. The molecule has 12 heteroatoms. The smallest absolute Gasteiger partial charge is 0.277 e. The first-order valence-corrected chi connectivity index (χ1v) is 7.50. The Bertz CT molecular complexity index is 737. The van der Waals surface area contributed by atoms with Crippen molar-refractivity contribution in [1.29, 1.82) is 0 Å². The molecule has 2 rings (SSSR count). The second kappa shape index (κ2) is 5.26. The summed E-state index contributed by atoms with van der Waals surface area (Å²) in [5.74, 6) is 0. The van der Waals surface area contributed by atoms with E-state index in [1.807, 2.05) is 0 Å². The molecule has 2 aromatic heterocycles. The minimum atomic E-state index is -4.59. The van der Waals surface area contributed by atoms with Gasteiger partial charge in [-0.05, 0) is 28.1 Å². The van der Waals surface area contributed by atoms with E-state index in [2.05, 4.69) is 35.9 Å². The molecule has 0 fully saturated rings. The van der Waals surface area contributed by atoms with E-state index in [-0.39, 0.29) is 15.3 Å². The first-order valence-electron chi connectivity index (χ1n) is 5.22. The molecule has 0 unspecified atom stereocenters. The normalized spacial score (nSPS) is 12.4. The van der Waals surface area contributed by atoms with Crippen molar-refractivity contribution >= 4 is 31.6 Å². The zero-order valence-corrected chi connectivity index (χ0v) is 12.7. The SMILES string of the molecule is Cn1nnc(Br)c1S(=O)(=O)Nc1ccc(C(F)(F)F)nc1. The molecule has 0 saturated carbocycles. The van der Waals surface area contributed by atoms with Crippen LogP contribution in [0.25, 0.3) is 0 Å². The van der Waals surface area contributed by atoms with Gasteiger partial charge < -0.3 is 0 Å². The third-order valence-corrected chi connectivity index (χ3v) is 4.57. The molecule has 0 atom stereocenters. The molecule has 0 aromatic carbocycles. The molecule has 2 heterocycles. The number of rotatable bonds is 3. The maximum Gasteiger partial charge on any atom is 0.433 e. The van der Waals surface area contributed by atoms with Crippen molar-refractivity contribution < 1.29 is 21.6 Å². The molecule has 114 valence electrons. The van der Waals surface area contributed by atoms with Gasteiger partial charge in [0.25, 0.3) is 10.0 Å².